The van der Waals surface area contributed by atoms with E-state index in [9.17, 15) is 0 Å². The van der Waals surface area contributed by atoms with Crippen molar-refractivity contribution in [3.05, 3.63) is 213 Å². The van der Waals surface area contributed by atoms with Gasteiger partial charge in [0.1, 0.15) is 11.2 Å². The first-order chi connectivity index (χ1) is 31.7. The smallest absolute Gasteiger partial charge is 0.169 e. The maximum Gasteiger partial charge on any atom is 0.169 e. The Bertz CT molecular complexity index is 3960. The minimum Gasteiger partial charge on any atom is -0.455 e. The Hall–Kier alpha value is -8.74. The monoisotopic (exact) mass is 817 g/mol. The molecule has 13 rings (SSSR count). The number of hydrogen-bond donors (Lipinski definition) is 0. The minimum absolute atomic E-state index is 0.497. The van der Waals surface area contributed by atoms with Crippen LogP contribution in [0.25, 0.3) is 127 Å². The molecule has 0 fully saturated rings. The fourth-order valence-electron chi connectivity index (χ4n) is 9.38. The summed E-state index contributed by atoms with van der Waals surface area (Å²) in [4.78, 5) is 19.9. The van der Waals surface area contributed by atoms with E-state index < -0.39 is 0 Å². The zero-order chi connectivity index (χ0) is 42.1. The van der Waals surface area contributed by atoms with Crippen LogP contribution in [-0.2, 0) is 0 Å². The van der Waals surface area contributed by atoms with Crippen LogP contribution >= 0.6 is 0 Å². The molecule has 4 aromatic heterocycles. The third kappa shape index (κ3) is 5.88. The zero-order valence-electron chi connectivity index (χ0n) is 34.4. The number of hydrogen-bond acceptors (Lipinski definition) is 5. The molecule has 0 saturated heterocycles. The second-order valence-electron chi connectivity index (χ2n) is 16.3. The quantitative estimate of drug-likeness (QED) is 0.167. The van der Waals surface area contributed by atoms with Gasteiger partial charge in [0.15, 0.2) is 17.5 Å². The summed E-state index contributed by atoms with van der Waals surface area (Å²) in [6.45, 7) is 0. The molecule has 0 unspecified atom stereocenters. The molecule has 0 aliphatic rings. The van der Waals surface area contributed by atoms with Crippen LogP contribution in [0, 0.1) is 0 Å². The van der Waals surface area contributed by atoms with Crippen LogP contribution < -0.4 is 0 Å². The molecular weight excluding hydrogens is 783 g/mol. The van der Waals surface area contributed by atoms with Crippen molar-refractivity contribution in [1.29, 1.82) is 0 Å². The lowest BCUT2D eigenvalue weighted by Gasteiger charge is -2.12. The molecule has 6 nitrogen and oxygen atoms in total. The van der Waals surface area contributed by atoms with E-state index >= 15 is 0 Å². The van der Waals surface area contributed by atoms with Crippen molar-refractivity contribution in [2.45, 2.75) is 0 Å². The van der Waals surface area contributed by atoms with Gasteiger partial charge in [-0.05, 0) is 74.8 Å². The number of rotatable bonds is 6. The topological polar surface area (TPSA) is 69.6 Å². The second-order valence-corrected chi connectivity index (χ2v) is 16.3. The largest absolute Gasteiger partial charge is 0.455 e. The molecule has 6 heteroatoms. The Morgan fingerprint density at radius 2 is 1.00 bits per heavy atom. The molecule has 0 aliphatic heterocycles. The van der Waals surface area contributed by atoms with Crippen LogP contribution in [0.15, 0.2) is 217 Å². The highest BCUT2D eigenvalue weighted by molar-refractivity contribution is 6.19. The van der Waals surface area contributed by atoms with Crippen molar-refractivity contribution >= 4 is 65.3 Å². The Kier molecular flexibility index (Phi) is 8.11. The van der Waals surface area contributed by atoms with Gasteiger partial charge in [-0.3, -0.25) is 4.98 Å². The van der Waals surface area contributed by atoms with Gasteiger partial charge in [-0.2, -0.15) is 0 Å². The van der Waals surface area contributed by atoms with E-state index in [-0.39, 0.29) is 0 Å². The predicted octanol–water partition coefficient (Wildman–Crippen LogP) is 14.9. The molecule has 298 valence electrons. The van der Waals surface area contributed by atoms with E-state index in [0.717, 1.165) is 55.1 Å². The van der Waals surface area contributed by atoms with Gasteiger partial charge < -0.3 is 8.98 Å². The number of aromatic nitrogens is 5. The third-order valence-corrected chi connectivity index (χ3v) is 12.5. The molecule has 0 bridgehead atoms. The van der Waals surface area contributed by atoms with E-state index in [1.165, 1.54) is 43.7 Å². The van der Waals surface area contributed by atoms with Crippen molar-refractivity contribution < 1.29 is 4.42 Å². The van der Waals surface area contributed by atoms with Crippen molar-refractivity contribution in [3.63, 3.8) is 0 Å². The van der Waals surface area contributed by atoms with Gasteiger partial charge >= 0.3 is 0 Å². The predicted molar refractivity (Wildman–Crippen MR) is 261 cm³/mol. The van der Waals surface area contributed by atoms with Crippen LogP contribution in [-0.4, -0.2) is 24.5 Å². The summed E-state index contributed by atoms with van der Waals surface area (Å²) in [6.07, 6.45) is 3.63. The van der Waals surface area contributed by atoms with Gasteiger partial charge in [0.25, 0.3) is 0 Å². The van der Waals surface area contributed by atoms with Crippen LogP contribution in [0.5, 0.6) is 0 Å². The van der Waals surface area contributed by atoms with Crippen molar-refractivity contribution in [2.75, 3.05) is 0 Å². The van der Waals surface area contributed by atoms with Crippen molar-refractivity contribution in [2.24, 2.45) is 0 Å². The van der Waals surface area contributed by atoms with E-state index in [1.54, 1.807) is 6.20 Å². The van der Waals surface area contributed by atoms with E-state index in [1.807, 2.05) is 30.5 Å². The van der Waals surface area contributed by atoms with Gasteiger partial charge in [0.05, 0.1) is 16.6 Å². The molecule has 64 heavy (non-hydrogen) atoms. The molecule has 0 aliphatic carbocycles. The maximum atomic E-state index is 6.44. The van der Waals surface area contributed by atoms with Gasteiger partial charge in [0.2, 0.25) is 0 Å². The summed E-state index contributed by atoms with van der Waals surface area (Å²) in [5.41, 5.74) is 12.0. The highest BCUT2D eigenvalue weighted by atomic mass is 16.3. The number of fused-ring (bicyclic) bond motifs is 9. The highest BCUT2D eigenvalue weighted by Crippen LogP contribution is 2.40. The molecule has 0 N–H and O–H groups in total. The lowest BCUT2D eigenvalue weighted by atomic mass is 10.0. The second kappa shape index (κ2) is 14.4. The SMILES string of the molecule is c1ccc(-c2ccc3c(c2)c2ccc4ccccc4c2n3-c2cccc(-c3ccc(-c4nc(-c5ccc6ccccc6c5)nc(-c5cncc6c5oc5ccccc56)n4)cc3)c2)cc1. The fourth-order valence-corrected chi connectivity index (χ4v) is 9.38. The Morgan fingerprint density at radius 1 is 0.359 bits per heavy atom. The first kappa shape index (κ1) is 36.0. The van der Waals surface area contributed by atoms with Crippen LogP contribution in [0.1, 0.15) is 0 Å². The van der Waals surface area contributed by atoms with E-state index in [0.29, 0.717) is 28.6 Å². The molecule has 4 heterocycles. The number of para-hydroxylation sites is 1. The molecule has 0 radical (unpaired) electrons. The molecular formula is C58H35N5O. The number of benzene rings is 9. The summed E-state index contributed by atoms with van der Waals surface area (Å²) in [7, 11) is 0. The molecule has 13 aromatic rings. The maximum absolute atomic E-state index is 6.44. The van der Waals surface area contributed by atoms with Crippen molar-refractivity contribution in [1.82, 2.24) is 24.5 Å². The average Bonchev–Trinajstić information content (AvgIpc) is 3.92. The van der Waals surface area contributed by atoms with Crippen LogP contribution in [0.4, 0.5) is 0 Å². The lowest BCUT2D eigenvalue weighted by Crippen LogP contribution is -2.00. The number of pyridine rings is 1. The van der Waals surface area contributed by atoms with Gasteiger partial charge in [-0.25, -0.2) is 15.0 Å². The fraction of sp³-hybridized carbons (Fsp3) is 0. The van der Waals surface area contributed by atoms with Crippen LogP contribution in [0.2, 0.25) is 0 Å². The summed E-state index contributed by atoms with van der Waals surface area (Å²) < 4.78 is 8.87. The molecule has 0 atom stereocenters. The van der Waals surface area contributed by atoms with Crippen LogP contribution in [0.3, 0.4) is 0 Å². The summed E-state index contributed by atoms with van der Waals surface area (Å²) >= 11 is 0. The number of nitrogens with zero attached hydrogens (tertiary/aromatic N) is 5. The molecule has 9 aromatic carbocycles. The Morgan fingerprint density at radius 3 is 1.88 bits per heavy atom. The average molecular weight is 818 g/mol. The first-order valence-electron chi connectivity index (χ1n) is 21.4. The number of furan rings is 1. The van der Waals surface area contributed by atoms with Gasteiger partial charge in [0, 0.05) is 56.1 Å². The molecule has 0 saturated carbocycles. The summed E-state index contributed by atoms with van der Waals surface area (Å²) in [5, 5.41) is 9.07. The van der Waals surface area contributed by atoms with E-state index in [2.05, 4.69) is 185 Å². The highest BCUT2D eigenvalue weighted by Gasteiger charge is 2.20. The minimum atomic E-state index is 0.497. The summed E-state index contributed by atoms with van der Waals surface area (Å²) in [6, 6.07) is 70.7. The van der Waals surface area contributed by atoms with Crippen molar-refractivity contribution in [3.8, 4) is 62.1 Å². The Labute approximate surface area is 367 Å². The first-order valence-corrected chi connectivity index (χ1v) is 21.4. The normalized spacial score (nSPS) is 11.8. The summed E-state index contributed by atoms with van der Waals surface area (Å²) in [5.74, 6) is 1.63. The Balaban J connectivity index is 0.932. The zero-order valence-corrected chi connectivity index (χ0v) is 34.4. The third-order valence-electron chi connectivity index (χ3n) is 12.5. The standard InChI is InChI=1S/C58H35N5O/c1-2-11-36(12-3-1)43-28-30-52-49(33-43)48-29-27-39-14-6-7-18-46(39)54(48)63(52)45-17-10-16-42(32-45)38-21-24-40(25-22-38)56-60-57(44-26-23-37-13-4-5-15-41(37)31-44)62-58(61-56)51-35-59-34-50-47-19-8-9-20-53(47)64-55(50)51/h1-35H. The lowest BCUT2D eigenvalue weighted by molar-refractivity contribution is 0.669. The van der Waals surface area contributed by atoms with Gasteiger partial charge in [-0.1, -0.05) is 164 Å². The van der Waals surface area contributed by atoms with Gasteiger partial charge in [-0.15, -0.1) is 0 Å². The molecule has 0 spiro atoms. The molecule has 0 amide bonds. The van der Waals surface area contributed by atoms with E-state index in [4.69, 9.17) is 19.4 Å².